The first-order valence-corrected chi connectivity index (χ1v) is 18.3. The lowest BCUT2D eigenvalue weighted by molar-refractivity contribution is 0.670. The van der Waals surface area contributed by atoms with Gasteiger partial charge in [-0.05, 0) is 103 Å². The number of para-hydroxylation sites is 1. The summed E-state index contributed by atoms with van der Waals surface area (Å²) in [7, 11) is 0. The second-order valence-electron chi connectivity index (χ2n) is 13.5. The molecule has 11 aromatic rings. The van der Waals surface area contributed by atoms with Gasteiger partial charge in [0.1, 0.15) is 11.2 Å². The summed E-state index contributed by atoms with van der Waals surface area (Å²) in [5.74, 6) is 0. The van der Waals surface area contributed by atoms with Crippen LogP contribution in [-0.4, -0.2) is 0 Å². The Morgan fingerprint density at radius 3 is 1.58 bits per heavy atom. The molecule has 11 rings (SSSR count). The van der Waals surface area contributed by atoms with Gasteiger partial charge in [0.25, 0.3) is 0 Å². The highest BCUT2D eigenvalue weighted by atomic mass is 32.1. The van der Waals surface area contributed by atoms with Gasteiger partial charge in [0.05, 0.1) is 11.6 Å². The lowest BCUT2D eigenvalue weighted by Crippen LogP contribution is -1.91. The largest absolute Gasteiger partial charge is 0.455 e. The molecule has 0 aliphatic carbocycles. The maximum atomic E-state index is 9.44. The number of nitriles is 1. The van der Waals surface area contributed by atoms with Gasteiger partial charge in [0, 0.05) is 36.5 Å². The average Bonchev–Trinajstić information content (AvgIpc) is 3.77. The van der Waals surface area contributed by atoms with E-state index in [4.69, 9.17) is 4.42 Å². The van der Waals surface area contributed by atoms with Crippen molar-refractivity contribution < 1.29 is 4.42 Å². The lowest BCUT2D eigenvalue weighted by atomic mass is 9.85. The van der Waals surface area contributed by atoms with Crippen LogP contribution in [0.1, 0.15) is 5.56 Å². The van der Waals surface area contributed by atoms with Crippen LogP contribution in [0.15, 0.2) is 168 Å². The molecule has 0 atom stereocenters. The third kappa shape index (κ3) is 4.23. The highest BCUT2D eigenvalue weighted by molar-refractivity contribution is 7.26. The Morgan fingerprint density at radius 2 is 0.942 bits per heavy atom. The fourth-order valence-electron chi connectivity index (χ4n) is 8.32. The van der Waals surface area contributed by atoms with E-state index in [1.165, 1.54) is 69.2 Å². The van der Waals surface area contributed by atoms with Gasteiger partial charge < -0.3 is 4.42 Å². The fourth-order valence-corrected chi connectivity index (χ4v) is 9.56. The summed E-state index contributed by atoms with van der Waals surface area (Å²) < 4.78 is 9.20. The smallest absolute Gasteiger partial charge is 0.144 e. The van der Waals surface area contributed by atoms with E-state index in [-0.39, 0.29) is 0 Å². The third-order valence-corrected chi connectivity index (χ3v) is 11.9. The van der Waals surface area contributed by atoms with Crippen LogP contribution in [0.3, 0.4) is 0 Å². The van der Waals surface area contributed by atoms with Crippen LogP contribution >= 0.6 is 11.3 Å². The van der Waals surface area contributed by atoms with E-state index in [9.17, 15) is 5.26 Å². The molecule has 0 saturated heterocycles. The van der Waals surface area contributed by atoms with Crippen molar-refractivity contribution in [3.8, 4) is 39.4 Å². The Bertz CT molecular complexity index is 3160. The Morgan fingerprint density at radius 1 is 0.423 bits per heavy atom. The highest BCUT2D eigenvalue weighted by Gasteiger charge is 2.21. The second kappa shape index (κ2) is 11.1. The van der Waals surface area contributed by atoms with Crippen LogP contribution < -0.4 is 0 Å². The van der Waals surface area contributed by atoms with Gasteiger partial charge in [-0.25, -0.2) is 0 Å². The molecule has 9 aromatic carbocycles. The van der Waals surface area contributed by atoms with Gasteiger partial charge in [-0.3, -0.25) is 0 Å². The number of thiophene rings is 1. The quantitative estimate of drug-likeness (QED) is 0.175. The Labute approximate surface area is 303 Å². The van der Waals surface area contributed by atoms with Crippen LogP contribution in [0.2, 0.25) is 0 Å². The van der Waals surface area contributed by atoms with Crippen molar-refractivity contribution in [1.82, 2.24) is 0 Å². The molecular formula is C49H27NOS. The summed E-state index contributed by atoms with van der Waals surface area (Å²) in [5, 5.41) is 21.5. The van der Waals surface area contributed by atoms with Gasteiger partial charge in [-0.2, -0.15) is 5.26 Å². The Hall–Kier alpha value is -6.73. The first kappa shape index (κ1) is 29.0. The topological polar surface area (TPSA) is 36.9 Å². The van der Waals surface area contributed by atoms with Crippen molar-refractivity contribution in [3.05, 3.63) is 169 Å². The van der Waals surface area contributed by atoms with Crippen LogP contribution in [0.4, 0.5) is 0 Å². The molecule has 2 heterocycles. The Kier molecular flexibility index (Phi) is 6.22. The number of nitrogens with zero attached hydrogens (tertiary/aromatic N) is 1. The van der Waals surface area contributed by atoms with Crippen molar-refractivity contribution in [2.45, 2.75) is 0 Å². The molecule has 0 unspecified atom stereocenters. The van der Waals surface area contributed by atoms with Gasteiger partial charge in [0.2, 0.25) is 0 Å². The maximum absolute atomic E-state index is 9.44. The van der Waals surface area contributed by atoms with Crippen molar-refractivity contribution in [2.75, 3.05) is 0 Å². The van der Waals surface area contributed by atoms with Gasteiger partial charge in [-0.1, -0.05) is 121 Å². The van der Waals surface area contributed by atoms with Crippen molar-refractivity contribution in [2.24, 2.45) is 0 Å². The van der Waals surface area contributed by atoms with E-state index < -0.39 is 0 Å². The number of furan rings is 1. The molecule has 0 fully saturated rings. The van der Waals surface area contributed by atoms with Gasteiger partial charge >= 0.3 is 0 Å². The highest BCUT2D eigenvalue weighted by Crippen LogP contribution is 2.48. The monoisotopic (exact) mass is 677 g/mol. The molecule has 240 valence electrons. The molecule has 0 aliphatic rings. The van der Waals surface area contributed by atoms with Crippen LogP contribution in [0.25, 0.3) is 108 Å². The summed E-state index contributed by atoms with van der Waals surface area (Å²) in [6, 6.07) is 60.8. The van der Waals surface area contributed by atoms with E-state index in [0.29, 0.717) is 5.56 Å². The number of fused-ring (bicyclic) bond motifs is 9. The molecule has 0 aliphatic heterocycles. The van der Waals surface area contributed by atoms with E-state index >= 15 is 0 Å². The first-order valence-electron chi connectivity index (χ1n) is 17.5. The number of rotatable bonds is 3. The molecule has 2 aromatic heterocycles. The summed E-state index contributed by atoms with van der Waals surface area (Å²) in [5.41, 5.74) is 9.55. The fraction of sp³-hybridized carbons (Fsp3) is 0. The molecule has 0 saturated carbocycles. The summed E-state index contributed by atoms with van der Waals surface area (Å²) in [6.07, 6.45) is 0. The van der Waals surface area contributed by atoms with Crippen LogP contribution in [0, 0.1) is 11.3 Å². The normalized spacial score (nSPS) is 11.8. The summed E-state index contributed by atoms with van der Waals surface area (Å²) >= 11 is 1.84. The number of hydrogen-bond acceptors (Lipinski definition) is 3. The molecular weight excluding hydrogens is 651 g/mol. The molecule has 0 spiro atoms. The zero-order valence-corrected chi connectivity index (χ0v) is 28.7. The number of hydrogen-bond donors (Lipinski definition) is 0. The van der Waals surface area contributed by atoms with Gasteiger partial charge in [0.15, 0.2) is 0 Å². The molecule has 2 nitrogen and oxygen atoms in total. The van der Waals surface area contributed by atoms with E-state index in [1.54, 1.807) is 0 Å². The Balaban J connectivity index is 1.13. The zero-order valence-electron chi connectivity index (χ0n) is 27.9. The van der Waals surface area contributed by atoms with Crippen molar-refractivity contribution in [1.29, 1.82) is 5.26 Å². The van der Waals surface area contributed by atoms with E-state index in [0.717, 1.165) is 38.6 Å². The van der Waals surface area contributed by atoms with Gasteiger partial charge in [-0.15, -0.1) is 11.3 Å². The van der Waals surface area contributed by atoms with Crippen molar-refractivity contribution in [3.63, 3.8) is 0 Å². The lowest BCUT2D eigenvalue weighted by Gasteiger charge is -2.18. The minimum atomic E-state index is 0.663. The molecule has 0 N–H and O–H groups in total. The third-order valence-electron chi connectivity index (χ3n) is 10.7. The summed E-state index contributed by atoms with van der Waals surface area (Å²) in [6.45, 7) is 0. The maximum Gasteiger partial charge on any atom is 0.144 e. The molecule has 0 bridgehead atoms. The SMILES string of the molecule is N#Cc1ccc(-c2c3ccccc3c(-c3ccc4cc(-c5c6oc7ccccc7c6cc6c5sc5ccccc56)ccc4c3)c3ccccc23)cc1. The van der Waals surface area contributed by atoms with E-state index in [1.807, 2.05) is 29.5 Å². The minimum Gasteiger partial charge on any atom is -0.455 e. The standard InChI is InChI=1S/C49H27NOS/c50-28-29-17-19-30(20-18-29)45-37-11-1-3-13-39(37)46(40-14-4-2-12-38(40)45)33-23-21-32-26-34(24-22-31(32)25-33)47-48-41(35-9-5-7-15-43(35)51-48)27-42-36-10-6-8-16-44(36)52-49(42)47/h1-27H. The first-order chi connectivity index (χ1) is 25.7. The average molecular weight is 678 g/mol. The minimum absolute atomic E-state index is 0.663. The van der Waals surface area contributed by atoms with Crippen molar-refractivity contribution >= 4 is 85.8 Å². The van der Waals surface area contributed by atoms with Crippen LogP contribution in [0.5, 0.6) is 0 Å². The van der Waals surface area contributed by atoms with Crippen LogP contribution in [-0.2, 0) is 0 Å². The number of benzene rings is 9. The molecule has 0 radical (unpaired) electrons. The predicted molar refractivity (Wildman–Crippen MR) is 220 cm³/mol. The predicted octanol–water partition coefficient (Wildman–Crippen LogP) is 14.3. The van der Waals surface area contributed by atoms with E-state index in [2.05, 4.69) is 152 Å². The molecule has 0 amide bonds. The molecule has 3 heteroatoms. The molecule has 52 heavy (non-hydrogen) atoms. The summed E-state index contributed by atoms with van der Waals surface area (Å²) in [4.78, 5) is 0. The zero-order chi connectivity index (χ0) is 34.3. The second-order valence-corrected chi connectivity index (χ2v) is 14.6.